The normalized spacial score (nSPS) is 30.3. The predicted octanol–water partition coefficient (Wildman–Crippen LogP) is 2.44. The van der Waals surface area contributed by atoms with E-state index in [1.54, 1.807) is 5.48 Å². The van der Waals surface area contributed by atoms with E-state index in [2.05, 4.69) is 12.2 Å². The highest BCUT2D eigenvalue weighted by Crippen LogP contribution is 2.44. The van der Waals surface area contributed by atoms with E-state index in [1.165, 1.54) is 0 Å². The summed E-state index contributed by atoms with van der Waals surface area (Å²) in [6.07, 6.45) is 8.93. The van der Waals surface area contributed by atoms with Gasteiger partial charge in [-0.15, -0.1) is 0 Å². The van der Waals surface area contributed by atoms with Gasteiger partial charge in [0, 0.05) is 18.6 Å². The van der Waals surface area contributed by atoms with Crippen molar-refractivity contribution in [2.45, 2.75) is 88.7 Å². The van der Waals surface area contributed by atoms with Gasteiger partial charge in [-0.25, -0.2) is 5.48 Å². The van der Waals surface area contributed by atoms with Crippen LogP contribution in [0.15, 0.2) is 0 Å². The van der Waals surface area contributed by atoms with Crippen LogP contribution < -0.4 is 10.8 Å². The molecule has 132 valence electrons. The Hall–Kier alpha value is -1.14. The van der Waals surface area contributed by atoms with Crippen LogP contribution in [0.4, 0.5) is 0 Å². The molecule has 0 aromatic rings. The molecule has 0 aromatic heterocycles. The second kappa shape index (κ2) is 8.11. The van der Waals surface area contributed by atoms with Gasteiger partial charge in [0.25, 0.3) is 0 Å². The molecule has 2 rings (SSSR count). The summed E-state index contributed by atoms with van der Waals surface area (Å²) in [4.78, 5) is 23.9. The summed E-state index contributed by atoms with van der Waals surface area (Å²) in [5.74, 6) is -0.436. The number of carbonyl (C=O) groups excluding carboxylic acids is 2. The summed E-state index contributed by atoms with van der Waals surface area (Å²) < 4.78 is 5.93. The number of rotatable bonds is 7. The fourth-order valence-electron chi connectivity index (χ4n) is 3.92. The first-order valence-corrected chi connectivity index (χ1v) is 8.91. The molecule has 0 atom stereocenters. The molecule has 1 saturated carbocycles. The third kappa shape index (κ3) is 4.91. The first kappa shape index (κ1) is 18.2. The minimum atomic E-state index is -0.548. The van der Waals surface area contributed by atoms with Gasteiger partial charge in [0.1, 0.15) is 0 Å². The number of amides is 2. The fraction of sp³-hybridized carbons (Fsp3) is 0.882. The minimum Gasteiger partial charge on any atom is -0.375 e. The van der Waals surface area contributed by atoms with E-state index >= 15 is 0 Å². The van der Waals surface area contributed by atoms with E-state index in [4.69, 9.17) is 9.94 Å². The van der Waals surface area contributed by atoms with Gasteiger partial charge in [-0.3, -0.25) is 14.8 Å². The lowest BCUT2D eigenvalue weighted by molar-refractivity contribution is -0.134. The van der Waals surface area contributed by atoms with Crippen molar-refractivity contribution in [2.24, 2.45) is 0 Å². The third-order valence-corrected chi connectivity index (χ3v) is 5.34. The predicted molar refractivity (Wildman–Crippen MR) is 85.9 cm³/mol. The zero-order valence-corrected chi connectivity index (χ0v) is 14.2. The summed E-state index contributed by atoms with van der Waals surface area (Å²) in [5.41, 5.74) is 1.10. The summed E-state index contributed by atoms with van der Waals surface area (Å²) in [5, 5.41) is 12.0. The van der Waals surface area contributed by atoms with Crippen molar-refractivity contribution in [1.29, 1.82) is 0 Å². The van der Waals surface area contributed by atoms with Crippen LogP contribution in [-0.2, 0) is 14.3 Å². The Morgan fingerprint density at radius 3 is 2.39 bits per heavy atom. The van der Waals surface area contributed by atoms with Gasteiger partial charge in [-0.2, -0.15) is 0 Å². The monoisotopic (exact) mass is 326 g/mol. The van der Waals surface area contributed by atoms with Gasteiger partial charge < -0.3 is 10.1 Å². The highest BCUT2D eigenvalue weighted by atomic mass is 16.5. The van der Waals surface area contributed by atoms with Crippen molar-refractivity contribution < 1.29 is 19.5 Å². The number of hydrogen-bond donors (Lipinski definition) is 3. The van der Waals surface area contributed by atoms with Gasteiger partial charge in [-0.1, -0.05) is 19.8 Å². The van der Waals surface area contributed by atoms with E-state index in [0.29, 0.717) is 6.42 Å². The lowest BCUT2D eigenvalue weighted by Crippen LogP contribution is -2.55. The van der Waals surface area contributed by atoms with Gasteiger partial charge >= 0.3 is 0 Å². The highest BCUT2D eigenvalue weighted by molar-refractivity contribution is 5.80. The van der Waals surface area contributed by atoms with Crippen molar-refractivity contribution in [2.75, 3.05) is 6.61 Å². The van der Waals surface area contributed by atoms with Crippen LogP contribution in [0.2, 0.25) is 0 Å². The molecule has 6 nitrogen and oxygen atoms in total. The summed E-state index contributed by atoms with van der Waals surface area (Å²) in [6, 6.07) is 0. The maximum Gasteiger partial charge on any atom is 0.245 e. The van der Waals surface area contributed by atoms with Gasteiger partial charge in [-0.05, 0) is 44.9 Å². The van der Waals surface area contributed by atoms with Crippen LogP contribution in [0.25, 0.3) is 0 Å². The van der Waals surface area contributed by atoms with E-state index in [-0.39, 0.29) is 17.9 Å². The molecule has 1 aliphatic carbocycles. The Balaban J connectivity index is 1.96. The highest BCUT2D eigenvalue weighted by Gasteiger charge is 2.46. The molecule has 1 aliphatic heterocycles. The Morgan fingerprint density at radius 2 is 1.83 bits per heavy atom. The molecule has 2 amide bonds. The average Bonchev–Trinajstić information content (AvgIpc) is 2.99. The molecule has 6 heteroatoms. The number of hydroxylamine groups is 1. The van der Waals surface area contributed by atoms with Crippen molar-refractivity contribution in [3.05, 3.63) is 0 Å². The molecule has 1 saturated heterocycles. The smallest absolute Gasteiger partial charge is 0.245 e. The van der Waals surface area contributed by atoms with Crippen LogP contribution in [0, 0.1) is 0 Å². The minimum absolute atomic E-state index is 0.00693. The molecule has 0 unspecified atom stereocenters. The van der Waals surface area contributed by atoms with Crippen LogP contribution in [0.1, 0.15) is 77.6 Å². The molecule has 1 heterocycles. The molecule has 23 heavy (non-hydrogen) atoms. The van der Waals surface area contributed by atoms with E-state index in [9.17, 15) is 9.59 Å². The van der Waals surface area contributed by atoms with Crippen LogP contribution >= 0.6 is 0 Å². The standard InChI is InChI=1S/C17H30N2O4/c1-2-3-4-6-14(20)18-16(13-15(21)19-22)8-10-17(11-9-16)7-5-12-23-17/h22H,2-13H2,1H3,(H,18,20)(H,19,21). The zero-order chi connectivity index (χ0) is 16.8. The summed E-state index contributed by atoms with van der Waals surface area (Å²) in [7, 11) is 0. The number of carbonyl (C=O) groups is 2. The molecule has 1 spiro atoms. The molecule has 0 bridgehead atoms. The first-order valence-electron chi connectivity index (χ1n) is 8.91. The topological polar surface area (TPSA) is 87.7 Å². The second-order valence-corrected chi connectivity index (χ2v) is 7.13. The van der Waals surface area contributed by atoms with Crippen LogP contribution in [0.5, 0.6) is 0 Å². The maximum absolute atomic E-state index is 12.2. The molecular weight excluding hydrogens is 296 g/mol. The van der Waals surface area contributed by atoms with E-state index < -0.39 is 11.4 Å². The van der Waals surface area contributed by atoms with Crippen molar-refractivity contribution in [3.8, 4) is 0 Å². The fourth-order valence-corrected chi connectivity index (χ4v) is 3.92. The number of unbranched alkanes of at least 4 members (excludes halogenated alkanes) is 2. The van der Waals surface area contributed by atoms with Crippen molar-refractivity contribution in [3.63, 3.8) is 0 Å². The Kier molecular flexibility index (Phi) is 6.41. The van der Waals surface area contributed by atoms with E-state index in [0.717, 1.165) is 64.4 Å². The summed E-state index contributed by atoms with van der Waals surface area (Å²) in [6.45, 7) is 2.92. The summed E-state index contributed by atoms with van der Waals surface area (Å²) >= 11 is 0. The maximum atomic E-state index is 12.2. The second-order valence-electron chi connectivity index (χ2n) is 7.13. The Bertz CT molecular complexity index is 409. The van der Waals surface area contributed by atoms with Gasteiger partial charge in [0.15, 0.2) is 0 Å². The lowest BCUT2D eigenvalue weighted by Gasteiger charge is -2.44. The third-order valence-electron chi connectivity index (χ3n) is 5.34. The van der Waals surface area contributed by atoms with Gasteiger partial charge in [0.2, 0.25) is 11.8 Å². The van der Waals surface area contributed by atoms with Gasteiger partial charge in [0.05, 0.1) is 12.0 Å². The van der Waals surface area contributed by atoms with E-state index in [1.807, 2.05) is 0 Å². The molecule has 2 aliphatic rings. The molecule has 3 N–H and O–H groups in total. The van der Waals surface area contributed by atoms with Crippen LogP contribution in [0.3, 0.4) is 0 Å². The van der Waals surface area contributed by atoms with Crippen LogP contribution in [-0.4, -0.2) is 34.8 Å². The largest absolute Gasteiger partial charge is 0.375 e. The Morgan fingerprint density at radius 1 is 1.09 bits per heavy atom. The number of hydrogen-bond acceptors (Lipinski definition) is 4. The van der Waals surface area contributed by atoms with Crippen molar-refractivity contribution in [1.82, 2.24) is 10.8 Å². The number of ether oxygens (including phenoxy) is 1. The quantitative estimate of drug-likeness (QED) is 0.381. The molecule has 0 aromatic carbocycles. The SMILES string of the molecule is CCCCCC(=O)NC1(CC(=O)NO)CCC2(CCCO2)CC1. The lowest BCUT2D eigenvalue weighted by atomic mass is 9.71. The molecule has 2 fully saturated rings. The average molecular weight is 326 g/mol. The number of nitrogens with one attached hydrogen (secondary N) is 2. The molecule has 0 radical (unpaired) electrons. The zero-order valence-electron chi connectivity index (χ0n) is 14.2. The first-order chi connectivity index (χ1) is 11.0. The van der Waals surface area contributed by atoms with Crippen molar-refractivity contribution >= 4 is 11.8 Å². The Labute approximate surface area is 138 Å². The molecular formula is C17H30N2O4.